The number of hydrogen-bond donors (Lipinski definition) is 0. The van der Waals surface area contributed by atoms with Crippen molar-refractivity contribution < 1.29 is 0 Å². The van der Waals surface area contributed by atoms with Crippen LogP contribution in [0.4, 0.5) is 0 Å². The average molecular weight is 287 g/mol. The van der Waals surface area contributed by atoms with Crippen LogP contribution in [0.1, 0.15) is 22.5 Å². The van der Waals surface area contributed by atoms with Gasteiger partial charge in [0, 0.05) is 11.4 Å². The van der Waals surface area contributed by atoms with Crippen molar-refractivity contribution in [3.05, 3.63) is 50.3 Å². The normalized spacial score (nSPS) is 11.3. The van der Waals surface area contributed by atoms with Crippen LogP contribution in [-0.2, 0) is 13.1 Å². The number of hydrogen-bond acceptors (Lipinski definition) is 3. The first kappa shape index (κ1) is 13.1. The molecule has 0 aliphatic rings. The van der Waals surface area contributed by atoms with Crippen LogP contribution in [0.5, 0.6) is 0 Å². The Hall–Kier alpha value is -1.88. The molecular weight excluding hydrogens is 270 g/mol. The van der Waals surface area contributed by atoms with Crippen molar-refractivity contribution in [3.63, 3.8) is 0 Å². The second-order valence-corrected chi connectivity index (χ2v) is 6.14. The molecule has 5 heteroatoms. The van der Waals surface area contributed by atoms with E-state index in [2.05, 4.69) is 11.9 Å². The molecule has 104 valence electrons. The van der Waals surface area contributed by atoms with Crippen molar-refractivity contribution >= 4 is 22.4 Å². The summed E-state index contributed by atoms with van der Waals surface area (Å²) in [5.41, 5.74) is 3.06. The number of nitrogens with zero attached hydrogens (tertiary/aromatic N) is 3. The quantitative estimate of drug-likeness (QED) is 0.743. The van der Waals surface area contributed by atoms with Gasteiger partial charge in [-0.15, -0.1) is 11.3 Å². The predicted molar refractivity (Wildman–Crippen MR) is 82.6 cm³/mol. The van der Waals surface area contributed by atoms with E-state index in [1.165, 1.54) is 4.88 Å². The second kappa shape index (κ2) is 4.90. The van der Waals surface area contributed by atoms with E-state index < -0.39 is 0 Å². The van der Waals surface area contributed by atoms with Crippen LogP contribution in [0.3, 0.4) is 0 Å². The molecule has 0 N–H and O–H groups in total. The Morgan fingerprint density at radius 1 is 1.15 bits per heavy atom. The van der Waals surface area contributed by atoms with Crippen molar-refractivity contribution in [1.29, 1.82) is 0 Å². The molecule has 1 aromatic carbocycles. The Kier molecular flexibility index (Phi) is 3.22. The maximum atomic E-state index is 12.5. The highest BCUT2D eigenvalue weighted by Gasteiger charge is 2.13. The van der Waals surface area contributed by atoms with E-state index in [9.17, 15) is 4.79 Å². The standard InChI is InChI=1S/C15H17N3OS/c1-4-17-12-7-5-6-8-13(12)18(15(17)19)9-14-16-10(2)11(3)20-14/h5-8H,4,9H2,1-3H3. The third-order valence-corrected chi connectivity index (χ3v) is 4.67. The zero-order valence-corrected chi connectivity index (χ0v) is 12.7. The van der Waals surface area contributed by atoms with E-state index >= 15 is 0 Å². The zero-order chi connectivity index (χ0) is 14.3. The molecule has 3 aromatic rings. The summed E-state index contributed by atoms with van der Waals surface area (Å²) < 4.78 is 3.62. The summed E-state index contributed by atoms with van der Waals surface area (Å²) in [6, 6.07) is 7.93. The van der Waals surface area contributed by atoms with Gasteiger partial charge in [0.15, 0.2) is 0 Å². The fraction of sp³-hybridized carbons (Fsp3) is 0.333. The SMILES string of the molecule is CCn1c(=O)n(Cc2nc(C)c(C)s2)c2ccccc21. The van der Waals surface area contributed by atoms with Crippen LogP contribution >= 0.6 is 11.3 Å². The minimum absolute atomic E-state index is 0.0409. The summed E-state index contributed by atoms with van der Waals surface area (Å²) in [6.45, 7) is 7.30. The maximum Gasteiger partial charge on any atom is 0.329 e. The predicted octanol–water partition coefficient (Wildman–Crippen LogP) is 2.94. The van der Waals surface area contributed by atoms with Gasteiger partial charge in [0.2, 0.25) is 0 Å². The molecule has 0 saturated carbocycles. The lowest BCUT2D eigenvalue weighted by atomic mass is 10.3. The van der Waals surface area contributed by atoms with E-state index in [-0.39, 0.29) is 5.69 Å². The summed E-state index contributed by atoms with van der Waals surface area (Å²) in [5.74, 6) is 0. The molecule has 0 amide bonds. The molecule has 4 nitrogen and oxygen atoms in total. The van der Waals surface area contributed by atoms with E-state index in [0.717, 1.165) is 21.7 Å². The number of para-hydroxylation sites is 2. The van der Waals surface area contributed by atoms with Crippen molar-refractivity contribution in [2.45, 2.75) is 33.9 Å². The van der Waals surface area contributed by atoms with Crippen molar-refractivity contribution in [2.24, 2.45) is 0 Å². The topological polar surface area (TPSA) is 39.8 Å². The summed E-state index contributed by atoms with van der Waals surface area (Å²) in [5, 5.41) is 0.987. The van der Waals surface area contributed by atoms with Crippen LogP contribution in [0.2, 0.25) is 0 Å². The Morgan fingerprint density at radius 3 is 2.35 bits per heavy atom. The number of fused-ring (bicyclic) bond motifs is 1. The highest BCUT2D eigenvalue weighted by molar-refractivity contribution is 7.11. The van der Waals surface area contributed by atoms with Crippen LogP contribution in [0.25, 0.3) is 11.0 Å². The Morgan fingerprint density at radius 2 is 1.80 bits per heavy atom. The van der Waals surface area contributed by atoms with Gasteiger partial charge in [0.25, 0.3) is 0 Å². The third-order valence-electron chi connectivity index (χ3n) is 3.61. The largest absolute Gasteiger partial charge is 0.329 e. The molecule has 0 aliphatic heterocycles. The summed E-state index contributed by atoms with van der Waals surface area (Å²) in [6.07, 6.45) is 0. The number of benzene rings is 1. The Labute approximate surface area is 121 Å². The summed E-state index contributed by atoms with van der Waals surface area (Å²) in [4.78, 5) is 18.3. The van der Waals surface area contributed by atoms with Gasteiger partial charge in [0.05, 0.1) is 23.3 Å². The number of thiazole rings is 1. The summed E-state index contributed by atoms with van der Waals surface area (Å²) >= 11 is 1.66. The van der Waals surface area contributed by atoms with Crippen LogP contribution < -0.4 is 5.69 Å². The molecule has 0 unspecified atom stereocenters. The van der Waals surface area contributed by atoms with Crippen LogP contribution in [0.15, 0.2) is 29.1 Å². The van der Waals surface area contributed by atoms with Crippen LogP contribution in [0, 0.1) is 13.8 Å². The van der Waals surface area contributed by atoms with E-state index in [4.69, 9.17) is 0 Å². The third kappa shape index (κ3) is 1.98. The van der Waals surface area contributed by atoms with Crippen molar-refractivity contribution in [1.82, 2.24) is 14.1 Å². The maximum absolute atomic E-state index is 12.5. The molecule has 0 radical (unpaired) electrons. The van der Waals surface area contributed by atoms with E-state index in [0.29, 0.717) is 13.1 Å². The monoisotopic (exact) mass is 287 g/mol. The fourth-order valence-corrected chi connectivity index (χ4v) is 3.40. The second-order valence-electron chi connectivity index (χ2n) is 4.85. The highest BCUT2D eigenvalue weighted by atomic mass is 32.1. The molecule has 0 saturated heterocycles. The highest BCUT2D eigenvalue weighted by Crippen LogP contribution is 2.19. The van der Waals surface area contributed by atoms with Gasteiger partial charge in [-0.25, -0.2) is 9.78 Å². The lowest BCUT2D eigenvalue weighted by molar-refractivity contribution is 0.682. The number of aryl methyl sites for hydroxylation is 3. The van der Waals surface area contributed by atoms with Gasteiger partial charge < -0.3 is 0 Å². The fourth-order valence-electron chi connectivity index (χ4n) is 2.47. The molecule has 0 bridgehead atoms. The molecule has 0 spiro atoms. The zero-order valence-electron chi connectivity index (χ0n) is 11.9. The minimum atomic E-state index is 0.0409. The van der Waals surface area contributed by atoms with Gasteiger partial charge in [0.1, 0.15) is 5.01 Å². The molecule has 3 rings (SSSR count). The van der Waals surface area contributed by atoms with Gasteiger partial charge >= 0.3 is 5.69 Å². The first-order valence-electron chi connectivity index (χ1n) is 6.72. The lowest BCUT2D eigenvalue weighted by Gasteiger charge is -1.99. The molecule has 2 aromatic heterocycles. The number of imidazole rings is 1. The molecule has 0 aliphatic carbocycles. The van der Waals surface area contributed by atoms with Gasteiger partial charge in [-0.05, 0) is 32.9 Å². The molecule has 0 atom stereocenters. The van der Waals surface area contributed by atoms with Crippen molar-refractivity contribution in [2.75, 3.05) is 0 Å². The van der Waals surface area contributed by atoms with Gasteiger partial charge in [-0.3, -0.25) is 9.13 Å². The molecular formula is C15H17N3OS. The lowest BCUT2D eigenvalue weighted by Crippen LogP contribution is -2.24. The van der Waals surface area contributed by atoms with Crippen LogP contribution in [-0.4, -0.2) is 14.1 Å². The molecule has 20 heavy (non-hydrogen) atoms. The Balaban J connectivity index is 2.16. The van der Waals surface area contributed by atoms with Gasteiger partial charge in [-0.1, -0.05) is 12.1 Å². The first-order valence-corrected chi connectivity index (χ1v) is 7.54. The average Bonchev–Trinajstić information content (AvgIpc) is 2.89. The Bertz CT molecular complexity index is 806. The van der Waals surface area contributed by atoms with E-state index in [1.807, 2.05) is 47.2 Å². The number of rotatable bonds is 3. The number of aromatic nitrogens is 3. The van der Waals surface area contributed by atoms with Gasteiger partial charge in [-0.2, -0.15) is 0 Å². The first-order chi connectivity index (χ1) is 9.61. The van der Waals surface area contributed by atoms with E-state index in [1.54, 1.807) is 11.3 Å². The molecule has 2 heterocycles. The van der Waals surface area contributed by atoms with Crippen molar-refractivity contribution in [3.8, 4) is 0 Å². The molecule has 0 fully saturated rings. The minimum Gasteiger partial charge on any atom is -0.292 e. The smallest absolute Gasteiger partial charge is 0.292 e. The summed E-state index contributed by atoms with van der Waals surface area (Å²) in [7, 11) is 0.